The van der Waals surface area contributed by atoms with Crippen LogP contribution in [-0.2, 0) is 11.2 Å². The number of carbonyl (C=O) groups excluding carboxylic acids is 1. The maximum atomic E-state index is 12.6. The molecule has 1 aliphatic carbocycles. The molecule has 1 amide bonds. The zero-order chi connectivity index (χ0) is 14.7. The lowest BCUT2D eigenvalue weighted by molar-refractivity contribution is -0.133. The molecule has 21 heavy (non-hydrogen) atoms. The van der Waals surface area contributed by atoms with Gasteiger partial charge in [-0.05, 0) is 43.5 Å². The molecular formula is C17H25N3O. The summed E-state index contributed by atoms with van der Waals surface area (Å²) in [5.74, 6) is 0.249. The average molecular weight is 287 g/mol. The van der Waals surface area contributed by atoms with Crippen molar-refractivity contribution in [3.8, 4) is 0 Å². The number of nitrogens with one attached hydrogen (secondary N) is 1. The van der Waals surface area contributed by atoms with E-state index in [2.05, 4.69) is 34.5 Å². The van der Waals surface area contributed by atoms with E-state index < -0.39 is 0 Å². The average Bonchev–Trinajstić information content (AvgIpc) is 2.76. The molecule has 3 rings (SSSR count). The summed E-state index contributed by atoms with van der Waals surface area (Å²) in [7, 11) is 1.96. The van der Waals surface area contributed by atoms with Crippen molar-refractivity contribution < 1.29 is 4.79 Å². The lowest BCUT2D eigenvalue weighted by atomic mass is 10.1. The molecule has 1 aliphatic heterocycles. The van der Waals surface area contributed by atoms with Crippen LogP contribution in [0.15, 0.2) is 24.3 Å². The van der Waals surface area contributed by atoms with E-state index in [-0.39, 0.29) is 11.9 Å². The van der Waals surface area contributed by atoms with Gasteiger partial charge in [0, 0.05) is 20.1 Å². The summed E-state index contributed by atoms with van der Waals surface area (Å²) in [6.07, 6.45) is 3.28. The van der Waals surface area contributed by atoms with Crippen LogP contribution >= 0.6 is 0 Å². The van der Waals surface area contributed by atoms with E-state index in [1.165, 1.54) is 11.1 Å². The van der Waals surface area contributed by atoms with Gasteiger partial charge in [0.2, 0.25) is 5.91 Å². The van der Waals surface area contributed by atoms with Gasteiger partial charge in [0.15, 0.2) is 0 Å². The Balaban J connectivity index is 1.62. The lowest BCUT2D eigenvalue weighted by Gasteiger charge is -2.28. The number of carbonyl (C=O) groups is 1. The first-order valence-electron chi connectivity index (χ1n) is 8.02. The van der Waals surface area contributed by atoms with E-state index in [0.29, 0.717) is 6.54 Å². The molecule has 2 aliphatic rings. The summed E-state index contributed by atoms with van der Waals surface area (Å²) in [5, 5.41) is 3.38. The van der Waals surface area contributed by atoms with Crippen molar-refractivity contribution in [3.63, 3.8) is 0 Å². The number of aryl methyl sites for hydroxylation is 1. The second-order valence-electron chi connectivity index (χ2n) is 6.14. The minimum atomic E-state index is 0.249. The number of benzene rings is 1. The van der Waals surface area contributed by atoms with Gasteiger partial charge in [-0.3, -0.25) is 9.69 Å². The zero-order valence-corrected chi connectivity index (χ0v) is 12.8. The third-order valence-electron chi connectivity index (χ3n) is 4.75. The number of hydrogen-bond acceptors (Lipinski definition) is 3. The third kappa shape index (κ3) is 3.27. The topological polar surface area (TPSA) is 35.6 Å². The van der Waals surface area contributed by atoms with Gasteiger partial charge >= 0.3 is 0 Å². The molecule has 0 aromatic heterocycles. The van der Waals surface area contributed by atoms with Crippen LogP contribution in [0.1, 0.15) is 30.0 Å². The number of hydrogen-bond donors (Lipinski definition) is 1. The van der Waals surface area contributed by atoms with E-state index in [9.17, 15) is 4.79 Å². The predicted molar refractivity (Wildman–Crippen MR) is 84.2 cm³/mol. The van der Waals surface area contributed by atoms with Gasteiger partial charge in [0.1, 0.15) is 0 Å². The zero-order valence-electron chi connectivity index (χ0n) is 12.8. The van der Waals surface area contributed by atoms with Crippen LogP contribution in [-0.4, -0.2) is 55.5 Å². The Labute approximate surface area is 127 Å². The minimum absolute atomic E-state index is 0.249. The smallest absolute Gasteiger partial charge is 0.237 e. The van der Waals surface area contributed by atoms with Gasteiger partial charge in [0.25, 0.3) is 0 Å². The quantitative estimate of drug-likeness (QED) is 0.913. The summed E-state index contributed by atoms with van der Waals surface area (Å²) in [5.41, 5.74) is 2.74. The molecule has 0 saturated carbocycles. The maximum Gasteiger partial charge on any atom is 0.237 e. The summed E-state index contributed by atoms with van der Waals surface area (Å²) in [6, 6.07) is 8.79. The van der Waals surface area contributed by atoms with E-state index in [4.69, 9.17) is 0 Å². The molecule has 114 valence electrons. The van der Waals surface area contributed by atoms with Crippen molar-refractivity contribution in [1.82, 2.24) is 15.1 Å². The summed E-state index contributed by atoms with van der Waals surface area (Å²) >= 11 is 0. The van der Waals surface area contributed by atoms with Crippen molar-refractivity contribution >= 4 is 5.91 Å². The molecule has 1 N–H and O–H groups in total. The fourth-order valence-corrected chi connectivity index (χ4v) is 3.47. The fraction of sp³-hybridized carbons (Fsp3) is 0.588. The van der Waals surface area contributed by atoms with Gasteiger partial charge in [-0.1, -0.05) is 24.3 Å². The van der Waals surface area contributed by atoms with Gasteiger partial charge in [-0.2, -0.15) is 0 Å². The van der Waals surface area contributed by atoms with Crippen LogP contribution in [0.2, 0.25) is 0 Å². The van der Waals surface area contributed by atoms with Crippen LogP contribution in [0.5, 0.6) is 0 Å². The molecule has 1 aromatic carbocycles. The standard InChI is InChI=1S/C17H25N3O/c1-19(16-8-7-14-5-2-3-6-15(14)16)17(21)13-20-11-4-9-18-10-12-20/h2-3,5-6,16,18H,4,7-13H2,1H3. The maximum absolute atomic E-state index is 12.6. The highest BCUT2D eigenvalue weighted by Crippen LogP contribution is 2.34. The van der Waals surface area contributed by atoms with Crippen LogP contribution in [0.4, 0.5) is 0 Å². The molecular weight excluding hydrogens is 262 g/mol. The molecule has 4 heteroatoms. The second-order valence-corrected chi connectivity index (χ2v) is 6.14. The first-order chi connectivity index (χ1) is 10.3. The number of rotatable bonds is 3. The monoisotopic (exact) mass is 287 g/mol. The highest BCUT2D eigenvalue weighted by Gasteiger charge is 2.28. The van der Waals surface area contributed by atoms with Crippen LogP contribution in [0.25, 0.3) is 0 Å². The highest BCUT2D eigenvalue weighted by atomic mass is 16.2. The van der Waals surface area contributed by atoms with E-state index in [1.807, 2.05) is 11.9 Å². The van der Waals surface area contributed by atoms with Gasteiger partial charge < -0.3 is 10.2 Å². The molecule has 1 fully saturated rings. The first kappa shape index (κ1) is 14.5. The minimum Gasteiger partial charge on any atom is -0.338 e. The fourth-order valence-electron chi connectivity index (χ4n) is 3.47. The summed E-state index contributed by atoms with van der Waals surface area (Å²) < 4.78 is 0. The van der Waals surface area contributed by atoms with Crippen LogP contribution in [0.3, 0.4) is 0 Å². The molecule has 0 spiro atoms. The van der Waals surface area contributed by atoms with Gasteiger partial charge in [-0.15, -0.1) is 0 Å². The highest BCUT2D eigenvalue weighted by molar-refractivity contribution is 5.78. The number of fused-ring (bicyclic) bond motifs is 1. The van der Waals surface area contributed by atoms with Crippen molar-refractivity contribution in [3.05, 3.63) is 35.4 Å². The first-order valence-corrected chi connectivity index (χ1v) is 8.02. The number of nitrogens with zero attached hydrogens (tertiary/aromatic N) is 2. The van der Waals surface area contributed by atoms with Crippen molar-refractivity contribution in [2.24, 2.45) is 0 Å². The Hall–Kier alpha value is -1.39. The van der Waals surface area contributed by atoms with Crippen molar-refractivity contribution in [2.45, 2.75) is 25.3 Å². The molecule has 1 unspecified atom stereocenters. The molecule has 0 bridgehead atoms. The van der Waals surface area contributed by atoms with Crippen molar-refractivity contribution in [2.75, 3.05) is 39.8 Å². The Morgan fingerprint density at radius 3 is 3.10 bits per heavy atom. The molecule has 1 heterocycles. The molecule has 1 atom stereocenters. The molecule has 0 radical (unpaired) electrons. The van der Waals surface area contributed by atoms with Gasteiger partial charge in [0.05, 0.1) is 12.6 Å². The normalized spacial score (nSPS) is 22.6. The molecule has 1 saturated heterocycles. The number of likely N-dealkylation sites (N-methyl/N-ethyl adjacent to an activating group) is 1. The SMILES string of the molecule is CN(C(=O)CN1CCCNCC1)C1CCc2ccccc21. The Kier molecular flexibility index (Phi) is 4.56. The van der Waals surface area contributed by atoms with Crippen molar-refractivity contribution in [1.29, 1.82) is 0 Å². The lowest BCUT2D eigenvalue weighted by Crippen LogP contribution is -2.41. The van der Waals surface area contributed by atoms with E-state index in [1.54, 1.807) is 0 Å². The Morgan fingerprint density at radius 2 is 2.19 bits per heavy atom. The third-order valence-corrected chi connectivity index (χ3v) is 4.75. The second kappa shape index (κ2) is 6.58. The number of amides is 1. The van der Waals surface area contributed by atoms with Gasteiger partial charge in [-0.25, -0.2) is 0 Å². The van der Waals surface area contributed by atoms with Crippen LogP contribution < -0.4 is 5.32 Å². The van der Waals surface area contributed by atoms with E-state index in [0.717, 1.165) is 45.4 Å². The summed E-state index contributed by atoms with van der Waals surface area (Å²) in [6.45, 7) is 4.60. The largest absolute Gasteiger partial charge is 0.338 e. The summed E-state index contributed by atoms with van der Waals surface area (Å²) in [4.78, 5) is 16.8. The predicted octanol–water partition coefficient (Wildman–Crippen LogP) is 1.43. The van der Waals surface area contributed by atoms with Crippen LogP contribution in [0, 0.1) is 0 Å². The Bertz CT molecular complexity index is 495. The molecule has 4 nitrogen and oxygen atoms in total. The van der Waals surface area contributed by atoms with E-state index >= 15 is 0 Å². The Morgan fingerprint density at radius 1 is 1.33 bits per heavy atom. The molecule has 1 aromatic rings.